The lowest BCUT2D eigenvalue weighted by Gasteiger charge is -2.10. The number of halogens is 1. The van der Waals surface area contributed by atoms with E-state index in [2.05, 4.69) is 16.5 Å². The SMILES string of the molecule is C=C(/C=C\C(=C/C)Cn1c(=O)n(Cc2cccc(F)c2)c2c(OCc3ccccc3)nc(N)nc21)OC. The summed E-state index contributed by atoms with van der Waals surface area (Å²) in [5, 5.41) is 0. The number of imidazole rings is 1. The molecule has 37 heavy (non-hydrogen) atoms. The number of ether oxygens (including phenoxy) is 2. The van der Waals surface area contributed by atoms with Crippen LogP contribution in [0.5, 0.6) is 5.88 Å². The van der Waals surface area contributed by atoms with Gasteiger partial charge in [-0.1, -0.05) is 61.2 Å². The van der Waals surface area contributed by atoms with Gasteiger partial charge in [0.2, 0.25) is 11.8 Å². The molecule has 2 aromatic heterocycles. The Morgan fingerprint density at radius 2 is 1.84 bits per heavy atom. The third kappa shape index (κ3) is 5.95. The van der Waals surface area contributed by atoms with Crippen LogP contribution in [0.15, 0.2) is 95.5 Å². The van der Waals surface area contributed by atoms with Crippen LogP contribution < -0.4 is 16.2 Å². The summed E-state index contributed by atoms with van der Waals surface area (Å²) in [4.78, 5) is 22.4. The molecule has 4 aromatic rings. The van der Waals surface area contributed by atoms with Gasteiger partial charge in [0, 0.05) is 0 Å². The first-order valence-electron chi connectivity index (χ1n) is 11.6. The van der Waals surface area contributed by atoms with E-state index in [1.165, 1.54) is 28.4 Å². The predicted molar refractivity (Wildman–Crippen MR) is 142 cm³/mol. The first-order chi connectivity index (χ1) is 17.9. The molecule has 2 aromatic carbocycles. The fourth-order valence-electron chi connectivity index (χ4n) is 3.82. The minimum absolute atomic E-state index is 0.0300. The Bertz CT molecular complexity index is 1540. The summed E-state index contributed by atoms with van der Waals surface area (Å²) in [6.45, 7) is 6.16. The lowest BCUT2D eigenvalue weighted by molar-refractivity contribution is 0.296. The molecule has 0 saturated carbocycles. The van der Waals surface area contributed by atoms with Gasteiger partial charge in [-0.3, -0.25) is 9.13 Å². The zero-order valence-corrected chi connectivity index (χ0v) is 20.7. The number of allylic oxidation sites excluding steroid dienone is 4. The molecular weight excluding hydrogens is 473 g/mol. The first-order valence-corrected chi connectivity index (χ1v) is 11.6. The fraction of sp³-hybridized carbons (Fsp3) is 0.179. The molecular formula is C28H28FN5O3. The largest absolute Gasteiger partial charge is 0.497 e. The zero-order valence-electron chi connectivity index (χ0n) is 20.7. The van der Waals surface area contributed by atoms with Crippen molar-refractivity contribution in [2.24, 2.45) is 0 Å². The Kier molecular flexibility index (Phi) is 7.83. The number of aromatic nitrogens is 4. The molecule has 0 aliphatic rings. The molecule has 0 bridgehead atoms. The van der Waals surface area contributed by atoms with Gasteiger partial charge in [-0.15, -0.1) is 0 Å². The number of nitrogens with two attached hydrogens (primary N) is 1. The maximum absolute atomic E-state index is 13.9. The summed E-state index contributed by atoms with van der Waals surface area (Å²) in [5.74, 6) is 0.222. The van der Waals surface area contributed by atoms with Gasteiger partial charge in [-0.05, 0) is 41.8 Å². The highest BCUT2D eigenvalue weighted by Gasteiger charge is 2.22. The summed E-state index contributed by atoms with van der Waals surface area (Å²) < 4.78 is 28.1. The molecule has 0 radical (unpaired) electrons. The van der Waals surface area contributed by atoms with Crippen LogP contribution in [0.2, 0.25) is 0 Å². The quantitative estimate of drug-likeness (QED) is 0.252. The van der Waals surface area contributed by atoms with Gasteiger partial charge in [0.05, 0.1) is 20.2 Å². The minimum atomic E-state index is -0.393. The second kappa shape index (κ2) is 11.4. The van der Waals surface area contributed by atoms with Crippen LogP contribution in [0.4, 0.5) is 10.3 Å². The molecule has 4 rings (SSSR count). The molecule has 0 atom stereocenters. The molecule has 0 fully saturated rings. The van der Waals surface area contributed by atoms with Crippen molar-refractivity contribution >= 4 is 17.1 Å². The van der Waals surface area contributed by atoms with Crippen molar-refractivity contribution in [2.45, 2.75) is 26.6 Å². The lowest BCUT2D eigenvalue weighted by atomic mass is 10.2. The van der Waals surface area contributed by atoms with Crippen LogP contribution in [0.1, 0.15) is 18.1 Å². The van der Waals surface area contributed by atoms with Crippen LogP contribution in [0.3, 0.4) is 0 Å². The molecule has 2 N–H and O–H groups in total. The van der Waals surface area contributed by atoms with Gasteiger partial charge >= 0.3 is 5.69 Å². The average molecular weight is 502 g/mol. The highest BCUT2D eigenvalue weighted by molar-refractivity contribution is 5.79. The van der Waals surface area contributed by atoms with Gasteiger partial charge in [-0.2, -0.15) is 9.97 Å². The average Bonchev–Trinajstić information content (AvgIpc) is 3.15. The molecule has 0 saturated heterocycles. The number of rotatable bonds is 10. The molecule has 2 heterocycles. The number of anilines is 1. The van der Waals surface area contributed by atoms with Crippen molar-refractivity contribution in [3.63, 3.8) is 0 Å². The lowest BCUT2D eigenvalue weighted by Crippen LogP contribution is -2.25. The molecule has 190 valence electrons. The zero-order chi connectivity index (χ0) is 26.4. The van der Waals surface area contributed by atoms with Crippen LogP contribution in [0, 0.1) is 5.82 Å². The molecule has 0 unspecified atom stereocenters. The number of methoxy groups -OCH3 is 1. The van der Waals surface area contributed by atoms with Crippen molar-refractivity contribution in [3.05, 3.63) is 118 Å². The molecule has 9 heteroatoms. The van der Waals surface area contributed by atoms with Crippen molar-refractivity contribution in [2.75, 3.05) is 12.8 Å². The molecule has 0 amide bonds. The Labute approximate surface area is 213 Å². The first kappa shape index (κ1) is 25.4. The Hall–Kier alpha value is -4.66. The Morgan fingerprint density at radius 3 is 2.54 bits per heavy atom. The summed E-state index contributed by atoms with van der Waals surface area (Å²) >= 11 is 0. The number of hydrogen-bond acceptors (Lipinski definition) is 6. The number of nitrogens with zero attached hydrogens (tertiary/aromatic N) is 4. The van der Waals surface area contributed by atoms with Gasteiger partial charge in [0.15, 0.2) is 11.2 Å². The summed E-state index contributed by atoms with van der Waals surface area (Å²) in [6.07, 6.45) is 5.40. The smallest absolute Gasteiger partial charge is 0.331 e. The van der Waals surface area contributed by atoms with E-state index in [1.54, 1.807) is 18.2 Å². The van der Waals surface area contributed by atoms with Gasteiger partial charge in [0.25, 0.3) is 0 Å². The van der Waals surface area contributed by atoms with E-state index < -0.39 is 5.82 Å². The number of hydrogen-bond donors (Lipinski definition) is 1. The number of benzene rings is 2. The minimum Gasteiger partial charge on any atom is -0.497 e. The molecule has 0 aliphatic carbocycles. The van der Waals surface area contributed by atoms with E-state index >= 15 is 0 Å². The predicted octanol–water partition coefficient (Wildman–Crippen LogP) is 4.60. The van der Waals surface area contributed by atoms with E-state index in [9.17, 15) is 9.18 Å². The van der Waals surface area contributed by atoms with Gasteiger partial charge in [0.1, 0.15) is 18.2 Å². The second-order valence-corrected chi connectivity index (χ2v) is 8.29. The van der Waals surface area contributed by atoms with Crippen molar-refractivity contribution < 1.29 is 13.9 Å². The van der Waals surface area contributed by atoms with E-state index in [1.807, 2.05) is 49.4 Å². The maximum Gasteiger partial charge on any atom is 0.331 e. The molecule has 0 spiro atoms. The summed E-state index contributed by atoms with van der Waals surface area (Å²) in [6, 6.07) is 15.7. The standard InChI is InChI=1S/C28H28FN5O3/c1-4-20(14-13-19(2)36-3)16-34-25-24(33(28(34)35)17-22-11-8-12-23(29)15-22)26(32-27(30)31-25)37-18-21-9-6-5-7-10-21/h4-15H,2,16-18H2,1,3H3,(H2,30,31,32)/b14-13-,20-4+. The van der Waals surface area contributed by atoms with E-state index in [-0.39, 0.29) is 37.2 Å². The van der Waals surface area contributed by atoms with Gasteiger partial charge < -0.3 is 15.2 Å². The van der Waals surface area contributed by atoms with Crippen LogP contribution in [0.25, 0.3) is 11.2 Å². The highest BCUT2D eigenvalue weighted by atomic mass is 19.1. The normalized spacial score (nSPS) is 11.8. The third-order valence-electron chi connectivity index (χ3n) is 5.74. The number of nitrogen functional groups attached to an aromatic ring is 1. The third-order valence-corrected chi connectivity index (χ3v) is 5.74. The van der Waals surface area contributed by atoms with Crippen LogP contribution in [-0.4, -0.2) is 26.2 Å². The van der Waals surface area contributed by atoms with Crippen molar-refractivity contribution in [1.82, 2.24) is 19.1 Å². The highest BCUT2D eigenvalue weighted by Crippen LogP contribution is 2.25. The van der Waals surface area contributed by atoms with Gasteiger partial charge in [-0.25, -0.2) is 9.18 Å². The van der Waals surface area contributed by atoms with E-state index in [0.717, 1.165) is 11.1 Å². The Balaban J connectivity index is 1.84. The number of fused-ring (bicyclic) bond motifs is 1. The second-order valence-electron chi connectivity index (χ2n) is 8.29. The van der Waals surface area contributed by atoms with Crippen molar-refractivity contribution in [1.29, 1.82) is 0 Å². The van der Waals surface area contributed by atoms with E-state index in [4.69, 9.17) is 15.2 Å². The molecule has 0 aliphatic heterocycles. The summed E-state index contributed by atoms with van der Waals surface area (Å²) in [5.41, 5.74) is 8.71. The van der Waals surface area contributed by atoms with Crippen LogP contribution >= 0.6 is 0 Å². The van der Waals surface area contributed by atoms with E-state index in [0.29, 0.717) is 22.5 Å². The Morgan fingerprint density at radius 1 is 1.08 bits per heavy atom. The monoisotopic (exact) mass is 501 g/mol. The summed E-state index contributed by atoms with van der Waals surface area (Å²) in [7, 11) is 1.53. The van der Waals surface area contributed by atoms with Crippen molar-refractivity contribution in [3.8, 4) is 5.88 Å². The topological polar surface area (TPSA) is 97.2 Å². The fourth-order valence-corrected chi connectivity index (χ4v) is 3.82. The molecule has 8 nitrogen and oxygen atoms in total. The van der Waals surface area contributed by atoms with Crippen LogP contribution in [-0.2, 0) is 24.4 Å². The maximum atomic E-state index is 13.9.